The zero-order valence-corrected chi connectivity index (χ0v) is 17.5. The molecule has 2 rings (SSSR count). The fourth-order valence-corrected chi connectivity index (χ4v) is 3.68. The fraction of sp³-hybridized carbons (Fsp3) is 0.591. The molecule has 0 radical (unpaired) electrons. The number of hydrogen-bond donors (Lipinski definition) is 0. The molecule has 1 aliphatic rings. The number of rotatable bonds is 11. The van der Waals surface area contributed by atoms with Gasteiger partial charge in [-0.2, -0.15) is 0 Å². The highest BCUT2D eigenvalue weighted by Crippen LogP contribution is 2.28. The number of benzene rings is 1. The van der Waals surface area contributed by atoms with Gasteiger partial charge in [0.25, 0.3) is 0 Å². The highest BCUT2D eigenvalue weighted by molar-refractivity contribution is 6.31. The highest BCUT2D eigenvalue weighted by atomic mass is 35.5. The quantitative estimate of drug-likeness (QED) is 0.307. The molecule has 1 aromatic carbocycles. The summed E-state index contributed by atoms with van der Waals surface area (Å²) in [5.41, 5.74) is 1.75. The molecule has 1 heterocycles. The molecule has 0 N–H and O–H groups in total. The Morgan fingerprint density at radius 2 is 2.11 bits per heavy atom. The predicted molar refractivity (Wildman–Crippen MR) is 114 cm³/mol. The van der Waals surface area contributed by atoms with Crippen LogP contribution in [0.3, 0.4) is 0 Å². The Bertz CT molecular complexity index is 612. The number of anilines is 1. The van der Waals surface area contributed by atoms with Crippen molar-refractivity contribution in [2.75, 3.05) is 44.7 Å². The van der Waals surface area contributed by atoms with Crippen LogP contribution in [0.15, 0.2) is 30.9 Å². The van der Waals surface area contributed by atoms with E-state index in [2.05, 4.69) is 23.4 Å². The number of unbranched alkanes of at least 4 members (excludes halogenated alkanes) is 1. The van der Waals surface area contributed by atoms with Gasteiger partial charge in [-0.3, -0.25) is 4.79 Å². The van der Waals surface area contributed by atoms with Gasteiger partial charge >= 0.3 is 0 Å². The number of piperidine rings is 1. The van der Waals surface area contributed by atoms with Gasteiger partial charge in [0, 0.05) is 48.9 Å². The van der Waals surface area contributed by atoms with Crippen LogP contribution in [0.2, 0.25) is 5.02 Å². The largest absolute Gasteiger partial charge is 0.378 e. The van der Waals surface area contributed by atoms with Gasteiger partial charge in [-0.05, 0) is 57.5 Å². The Kier molecular flexibility index (Phi) is 9.32. The number of nitrogens with zero attached hydrogens (tertiary/aromatic N) is 2. The summed E-state index contributed by atoms with van der Waals surface area (Å²) in [6.07, 6.45) is 6.99. The Morgan fingerprint density at radius 1 is 1.37 bits per heavy atom. The van der Waals surface area contributed by atoms with E-state index in [4.69, 9.17) is 16.3 Å². The molecule has 0 aromatic heterocycles. The average Bonchev–Trinajstić information content (AvgIpc) is 2.68. The topological polar surface area (TPSA) is 32.8 Å². The molecule has 0 aliphatic carbocycles. The van der Waals surface area contributed by atoms with Gasteiger partial charge in [-0.15, -0.1) is 6.58 Å². The summed E-state index contributed by atoms with van der Waals surface area (Å²) in [7, 11) is 2.12. The Balaban J connectivity index is 1.76. The summed E-state index contributed by atoms with van der Waals surface area (Å²) in [5, 5.41) is 0.618. The zero-order valence-electron chi connectivity index (χ0n) is 16.8. The number of ketones is 1. The number of hydrogen-bond acceptors (Lipinski definition) is 4. The number of ether oxygens (including phenoxy) is 1. The zero-order chi connectivity index (χ0) is 19.6. The summed E-state index contributed by atoms with van der Waals surface area (Å²) in [4.78, 5) is 16.8. The van der Waals surface area contributed by atoms with E-state index in [1.807, 2.05) is 25.1 Å². The number of carbonyl (C=O) groups excluding carboxylic acids is 1. The van der Waals surface area contributed by atoms with Crippen LogP contribution in [-0.4, -0.2) is 56.6 Å². The van der Waals surface area contributed by atoms with Gasteiger partial charge in [-0.25, -0.2) is 0 Å². The first-order valence-corrected chi connectivity index (χ1v) is 10.4. The van der Waals surface area contributed by atoms with Gasteiger partial charge in [0.1, 0.15) is 0 Å². The number of likely N-dealkylation sites (N-methyl/N-ethyl adjacent to an activating group) is 1. The van der Waals surface area contributed by atoms with Crippen LogP contribution >= 0.6 is 11.6 Å². The first kappa shape index (κ1) is 21.9. The lowest BCUT2D eigenvalue weighted by Crippen LogP contribution is -2.38. The smallest absolute Gasteiger partial charge is 0.164 e. The van der Waals surface area contributed by atoms with Gasteiger partial charge in [0.2, 0.25) is 0 Å². The SMILES string of the molecule is C=CCN(C)CCCCOC1CCN(c2ccc(Cl)cc2C(=O)CC)CC1. The third-order valence-electron chi connectivity index (χ3n) is 5.09. The van der Waals surface area contributed by atoms with Crippen LogP contribution in [0.1, 0.15) is 49.4 Å². The third kappa shape index (κ3) is 6.95. The van der Waals surface area contributed by atoms with E-state index in [1.54, 1.807) is 6.07 Å². The molecule has 0 saturated carbocycles. The number of halogens is 1. The maximum atomic E-state index is 12.3. The number of Topliss-reactive ketones (excluding diaryl/α,β-unsaturated/α-hetero) is 1. The molecule has 1 aromatic rings. The first-order valence-electron chi connectivity index (χ1n) is 10.0. The van der Waals surface area contributed by atoms with E-state index in [1.165, 1.54) is 0 Å². The van der Waals surface area contributed by atoms with Crippen molar-refractivity contribution in [3.8, 4) is 0 Å². The van der Waals surface area contributed by atoms with Crippen LogP contribution in [0.25, 0.3) is 0 Å². The van der Waals surface area contributed by atoms with Gasteiger partial charge in [0.05, 0.1) is 6.10 Å². The van der Waals surface area contributed by atoms with Crippen molar-refractivity contribution in [1.82, 2.24) is 4.90 Å². The van der Waals surface area contributed by atoms with Crippen molar-refractivity contribution >= 4 is 23.1 Å². The van der Waals surface area contributed by atoms with Gasteiger partial charge in [0.15, 0.2) is 5.78 Å². The van der Waals surface area contributed by atoms with Crippen molar-refractivity contribution in [1.29, 1.82) is 0 Å². The first-order chi connectivity index (χ1) is 13.0. The normalized spacial score (nSPS) is 15.3. The van der Waals surface area contributed by atoms with E-state index < -0.39 is 0 Å². The molecule has 5 heteroatoms. The average molecular weight is 393 g/mol. The maximum absolute atomic E-state index is 12.3. The predicted octanol–water partition coefficient (Wildman–Crippen LogP) is 4.82. The molecular formula is C22H33ClN2O2. The monoisotopic (exact) mass is 392 g/mol. The van der Waals surface area contributed by atoms with E-state index in [0.717, 1.165) is 69.7 Å². The molecule has 4 nitrogen and oxygen atoms in total. The van der Waals surface area contributed by atoms with Crippen molar-refractivity contribution in [2.24, 2.45) is 0 Å². The fourth-order valence-electron chi connectivity index (χ4n) is 3.51. The third-order valence-corrected chi connectivity index (χ3v) is 5.33. The Morgan fingerprint density at radius 3 is 2.78 bits per heavy atom. The second-order valence-electron chi connectivity index (χ2n) is 7.25. The second kappa shape index (κ2) is 11.5. The van der Waals surface area contributed by atoms with E-state index in [0.29, 0.717) is 17.5 Å². The molecule has 0 unspecified atom stereocenters. The van der Waals surface area contributed by atoms with Crippen LogP contribution in [0.4, 0.5) is 5.69 Å². The van der Waals surface area contributed by atoms with Crippen molar-refractivity contribution in [3.63, 3.8) is 0 Å². The summed E-state index contributed by atoms with van der Waals surface area (Å²) in [6.45, 7) is 10.3. The molecule has 1 saturated heterocycles. The molecule has 0 spiro atoms. The summed E-state index contributed by atoms with van der Waals surface area (Å²) in [5.74, 6) is 0.146. The number of carbonyl (C=O) groups is 1. The van der Waals surface area contributed by atoms with Gasteiger partial charge in [-0.1, -0.05) is 24.6 Å². The van der Waals surface area contributed by atoms with Gasteiger partial charge < -0.3 is 14.5 Å². The van der Waals surface area contributed by atoms with Crippen molar-refractivity contribution in [2.45, 2.75) is 45.1 Å². The Hall–Kier alpha value is -1.36. The van der Waals surface area contributed by atoms with Crippen LogP contribution in [0.5, 0.6) is 0 Å². The van der Waals surface area contributed by atoms with Crippen LogP contribution in [-0.2, 0) is 4.74 Å². The summed E-state index contributed by atoms with van der Waals surface area (Å²) in [6, 6.07) is 5.65. The minimum Gasteiger partial charge on any atom is -0.378 e. The summed E-state index contributed by atoms with van der Waals surface area (Å²) < 4.78 is 6.07. The highest BCUT2D eigenvalue weighted by Gasteiger charge is 2.23. The molecule has 0 atom stereocenters. The summed E-state index contributed by atoms with van der Waals surface area (Å²) >= 11 is 6.10. The molecular weight excluding hydrogens is 360 g/mol. The maximum Gasteiger partial charge on any atom is 0.164 e. The molecule has 0 amide bonds. The Labute approximate surface area is 169 Å². The van der Waals surface area contributed by atoms with E-state index in [-0.39, 0.29) is 5.78 Å². The van der Waals surface area contributed by atoms with Crippen LogP contribution < -0.4 is 4.90 Å². The minimum atomic E-state index is 0.146. The molecule has 27 heavy (non-hydrogen) atoms. The molecule has 1 aliphatic heterocycles. The minimum absolute atomic E-state index is 0.146. The second-order valence-corrected chi connectivity index (χ2v) is 7.69. The molecule has 1 fully saturated rings. The molecule has 150 valence electrons. The molecule has 0 bridgehead atoms. The van der Waals surface area contributed by atoms with Crippen molar-refractivity contribution < 1.29 is 9.53 Å². The van der Waals surface area contributed by atoms with Crippen LogP contribution in [0, 0.1) is 0 Å². The lowest BCUT2D eigenvalue weighted by atomic mass is 10.0. The van der Waals surface area contributed by atoms with E-state index >= 15 is 0 Å². The lowest BCUT2D eigenvalue weighted by Gasteiger charge is -2.34. The lowest BCUT2D eigenvalue weighted by molar-refractivity contribution is 0.0342. The standard InChI is InChI=1S/C22H33ClN2O2/c1-4-12-24(3)13-6-7-16-27-19-10-14-25(15-11-19)21-9-8-18(23)17-20(21)22(26)5-2/h4,8-9,17,19H,1,5-7,10-16H2,2-3H3. The van der Waals surface area contributed by atoms with Crippen molar-refractivity contribution in [3.05, 3.63) is 41.4 Å². The van der Waals surface area contributed by atoms with E-state index in [9.17, 15) is 4.79 Å².